The van der Waals surface area contributed by atoms with E-state index in [2.05, 4.69) is 0 Å². The van der Waals surface area contributed by atoms with Crippen LogP contribution in [0.5, 0.6) is 0 Å². The average molecular weight is 406 g/mol. The molecule has 7 N–H and O–H groups in total. The van der Waals surface area contributed by atoms with Gasteiger partial charge < -0.3 is 45.2 Å². The second-order valence-electron chi connectivity index (χ2n) is 8.66. The molecule has 0 aromatic rings. The van der Waals surface area contributed by atoms with Gasteiger partial charge in [0.15, 0.2) is 6.29 Å². The van der Waals surface area contributed by atoms with Gasteiger partial charge in [-0.25, -0.2) is 0 Å². The summed E-state index contributed by atoms with van der Waals surface area (Å²) >= 11 is 0. The molecule has 2 aliphatic rings. The number of aliphatic hydroxyl groups is 7. The van der Waals surface area contributed by atoms with Gasteiger partial charge in [0.25, 0.3) is 0 Å². The Hall–Kier alpha value is -0.620. The van der Waals surface area contributed by atoms with Gasteiger partial charge in [-0.15, -0.1) is 0 Å². The van der Waals surface area contributed by atoms with E-state index >= 15 is 0 Å². The molecule has 0 bridgehead atoms. The predicted molar refractivity (Wildman–Crippen MR) is 98.0 cm³/mol. The third-order valence-corrected chi connectivity index (χ3v) is 6.17. The minimum Gasteiger partial charge on any atom is -0.394 e. The van der Waals surface area contributed by atoms with Gasteiger partial charge in [-0.1, -0.05) is 32.9 Å². The lowest BCUT2D eigenvalue weighted by molar-refractivity contribution is -0.329. The van der Waals surface area contributed by atoms with E-state index in [1.807, 2.05) is 0 Å². The molecule has 0 aromatic heterocycles. The molecule has 0 spiro atoms. The van der Waals surface area contributed by atoms with Crippen LogP contribution in [-0.4, -0.2) is 97.0 Å². The lowest BCUT2D eigenvalue weighted by Crippen LogP contribution is -2.64. The van der Waals surface area contributed by atoms with Crippen LogP contribution in [0.15, 0.2) is 12.2 Å². The maximum absolute atomic E-state index is 11.2. The van der Waals surface area contributed by atoms with Gasteiger partial charge in [0.1, 0.15) is 24.4 Å². The quantitative estimate of drug-likeness (QED) is 0.263. The molecule has 0 amide bonds. The monoisotopic (exact) mass is 406 g/mol. The van der Waals surface area contributed by atoms with Crippen molar-refractivity contribution < 1.29 is 45.2 Å². The van der Waals surface area contributed by atoms with E-state index in [4.69, 9.17) is 9.47 Å². The maximum Gasteiger partial charge on any atom is 0.187 e. The number of hydrogen-bond donors (Lipinski definition) is 7. The Morgan fingerprint density at radius 3 is 2.25 bits per heavy atom. The van der Waals surface area contributed by atoms with Crippen molar-refractivity contribution in [2.24, 2.45) is 11.3 Å². The Morgan fingerprint density at radius 1 is 1.11 bits per heavy atom. The summed E-state index contributed by atoms with van der Waals surface area (Å²) in [5.41, 5.74) is -2.19. The van der Waals surface area contributed by atoms with Gasteiger partial charge >= 0.3 is 0 Å². The molecule has 28 heavy (non-hydrogen) atoms. The molecule has 1 saturated carbocycles. The first-order valence-corrected chi connectivity index (χ1v) is 9.59. The van der Waals surface area contributed by atoms with Crippen molar-refractivity contribution in [1.82, 2.24) is 0 Å². The van der Waals surface area contributed by atoms with Crippen LogP contribution < -0.4 is 0 Å². The fourth-order valence-corrected chi connectivity index (χ4v) is 4.13. The molecule has 2 rings (SSSR count). The fourth-order valence-electron chi connectivity index (χ4n) is 4.13. The van der Waals surface area contributed by atoms with Crippen LogP contribution in [0.25, 0.3) is 0 Å². The Bertz CT molecular complexity index is 550. The van der Waals surface area contributed by atoms with Crippen molar-refractivity contribution in [3.8, 4) is 0 Å². The van der Waals surface area contributed by atoms with Crippen LogP contribution in [0.2, 0.25) is 0 Å². The summed E-state index contributed by atoms with van der Waals surface area (Å²) in [6, 6.07) is 0. The Labute approximate surface area is 164 Å². The first kappa shape index (κ1) is 23.7. The normalized spacial score (nSPS) is 48.0. The summed E-state index contributed by atoms with van der Waals surface area (Å²) in [4.78, 5) is 0. The number of hydrogen-bond acceptors (Lipinski definition) is 9. The molecule has 9 heteroatoms. The van der Waals surface area contributed by atoms with Crippen molar-refractivity contribution in [3.63, 3.8) is 0 Å². The largest absolute Gasteiger partial charge is 0.394 e. The zero-order valence-electron chi connectivity index (χ0n) is 16.7. The number of rotatable bonds is 5. The predicted octanol–water partition coefficient (Wildman–Crippen LogP) is -1.73. The highest BCUT2D eigenvalue weighted by Gasteiger charge is 2.56. The molecular formula is C19H34O9. The van der Waals surface area contributed by atoms with Crippen LogP contribution in [0.3, 0.4) is 0 Å². The molecule has 10 unspecified atom stereocenters. The van der Waals surface area contributed by atoms with Crippen LogP contribution in [0.1, 0.15) is 34.1 Å². The fraction of sp³-hybridized carbons (Fsp3) is 0.895. The van der Waals surface area contributed by atoms with Crippen LogP contribution >= 0.6 is 0 Å². The minimum atomic E-state index is -1.58. The van der Waals surface area contributed by atoms with Crippen LogP contribution in [0.4, 0.5) is 0 Å². The van der Waals surface area contributed by atoms with E-state index in [1.165, 1.54) is 12.2 Å². The molecule has 1 heterocycles. The summed E-state index contributed by atoms with van der Waals surface area (Å²) < 4.78 is 11.1. The molecule has 10 atom stereocenters. The highest BCUT2D eigenvalue weighted by molar-refractivity contribution is 5.17. The van der Waals surface area contributed by atoms with E-state index in [9.17, 15) is 35.7 Å². The summed E-state index contributed by atoms with van der Waals surface area (Å²) in [5, 5.41) is 70.7. The minimum absolute atomic E-state index is 0.189. The van der Waals surface area contributed by atoms with Gasteiger partial charge in [0.05, 0.1) is 30.5 Å². The third kappa shape index (κ3) is 4.28. The Balaban J connectivity index is 2.20. The zero-order chi connectivity index (χ0) is 21.4. The lowest BCUT2D eigenvalue weighted by atomic mass is 9.58. The van der Waals surface area contributed by atoms with E-state index in [0.717, 1.165) is 0 Å². The van der Waals surface area contributed by atoms with Gasteiger partial charge in [0.2, 0.25) is 0 Å². The highest BCUT2D eigenvalue weighted by atomic mass is 16.7. The summed E-state index contributed by atoms with van der Waals surface area (Å²) in [6.45, 7) is 6.23. The molecule has 2 fully saturated rings. The second kappa shape index (κ2) is 8.63. The van der Waals surface area contributed by atoms with E-state index in [0.29, 0.717) is 0 Å². The zero-order valence-corrected chi connectivity index (χ0v) is 16.7. The topological polar surface area (TPSA) is 160 Å². The third-order valence-electron chi connectivity index (χ3n) is 6.17. The van der Waals surface area contributed by atoms with Gasteiger partial charge in [0, 0.05) is 11.3 Å². The molecule has 164 valence electrons. The molecule has 0 aromatic carbocycles. The summed E-state index contributed by atoms with van der Waals surface area (Å²) in [7, 11) is 0. The standard InChI is InChI=1S/C19H34O9/c1-9(21)5-6-19(26)10(2)13(22)11(7-18(19,3)4)27-17-16(25)15(24)14(23)12(8-20)28-17/h5-6,9-17,20-26H,7-8H2,1-4H3. The maximum atomic E-state index is 11.2. The van der Waals surface area contributed by atoms with Gasteiger partial charge in [-0.05, 0) is 13.3 Å². The first-order valence-electron chi connectivity index (χ1n) is 9.59. The van der Waals surface area contributed by atoms with E-state index in [1.54, 1.807) is 27.7 Å². The van der Waals surface area contributed by atoms with Crippen molar-refractivity contribution in [1.29, 1.82) is 0 Å². The van der Waals surface area contributed by atoms with Gasteiger partial charge in [-0.2, -0.15) is 0 Å². The lowest BCUT2D eigenvalue weighted by Gasteiger charge is -2.54. The number of aliphatic hydroxyl groups excluding tert-OH is 6. The SMILES string of the molecule is CC(O)C=CC1(O)C(C)C(O)C(OC2OC(CO)C(O)C(O)C2O)CC1(C)C. The van der Waals surface area contributed by atoms with E-state index < -0.39 is 72.6 Å². The second-order valence-corrected chi connectivity index (χ2v) is 8.66. The van der Waals surface area contributed by atoms with Crippen LogP contribution in [-0.2, 0) is 9.47 Å². The molecule has 1 aliphatic carbocycles. The molecule has 0 radical (unpaired) electrons. The van der Waals surface area contributed by atoms with E-state index in [-0.39, 0.29) is 6.42 Å². The van der Waals surface area contributed by atoms with Crippen molar-refractivity contribution in [2.75, 3.05) is 6.61 Å². The molecule has 9 nitrogen and oxygen atoms in total. The van der Waals surface area contributed by atoms with Crippen LogP contribution in [0, 0.1) is 11.3 Å². The molecule has 1 aliphatic heterocycles. The summed E-state index contributed by atoms with van der Waals surface area (Å²) in [5.74, 6) is -0.680. The van der Waals surface area contributed by atoms with Crippen molar-refractivity contribution >= 4 is 0 Å². The van der Waals surface area contributed by atoms with Crippen molar-refractivity contribution in [2.45, 2.75) is 88.7 Å². The molecule has 1 saturated heterocycles. The summed E-state index contributed by atoms with van der Waals surface area (Å²) in [6.07, 6.45) is -6.71. The van der Waals surface area contributed by atoms with Gasteiger partial charge in [-0.3, -0.25) is 0 Å². The van der Waals surface area contributed by atoms with Crippen molar-refractivity contribution in [3.05, 3.63) is 12.2 Å². The smallest absolute Gasteiger partial charge is 0.187 e. The molecular weight excluding hydrogens is 372 g/mol. The number of ether oxygens (including phenoxy) is 2. The highest BCUT2D eigenvalue weighted by Crippen LogP contribution is 2.49. The Kier molecular flexibility index (Phi) is 7.29. The first-order chi connectivity index (χ1) is 12.9. The Morgan fingerprint density at radius 2 is 1.71 bits per heavy atom. The average Bonchev–Trinajstić information content (AvgIpc) is 2.63.